The summed E-state index contributed by atoms with van der Waals surface area (Å²) in [5, 5.41) is 0. The maximum Gasteiger partial charge on any atom is 0.410 e. The van der Waals surface area contributed by atoms with E-state index in [0.717, 1.165) is 32.1 Å². The van der Waals surface area contributed by atoms with Gasteiger partial charge in [0.05, 0.1) is 34.4 Å². The zero-order chi connectivity index (χ0) is 30.9. The number of carbonyl (C=O) groups excluding carboxylic acids is 1. The molecule has 0 aliphatic carbocycles. The lowest BCUT2D eigenvalue weighted by atomic mass is 10.0. The third-order valence-corrected chi connectivity index (χ3v) is 8.72. The highest BCUT2D eigenvalue weighted by Gasteiger charge is 2.24. The van der Waals surface area contributed by atoms with Gasteiger partial charge < -0.3 is 32.8 Å². The molecule has 0 spiro atoms. The summed E-state index contributed by atoms with van der Waals surface area (Å²) in [6, 6.07) is 0. The molecule has 42 heavy (non-hydrogen) atoms. The molecular weight excluding hydrogens is 555 g/mol. The zero-order valence-electron chi connectivity index (χ0n) is 27.7. The predicted molar refractivity (Wildman–Crippen MR) is 168 cm³/mol. The minimum absolute atomic E-state index is 0.0261. The molecule has 1 aliphatic rings. The van der Waals surface area contributed by atoms with Crippen LogP contribution >= 0.6 is 7.82 Å². The van der Waals surface area contributed by atoms with Gasteiger partial charge in [-0.25, -0.2) is 4.79 Å². The highest BCUT2D eigenvalue weighted by Crippen LogP contribution is 2.38. The number of hydrogen-bond acceptors (Lipinski definition) is 7. The first-order valence-corrected chi connectivity index (χ1v) is 18.5. The van der Waals surface area contributed by atoms with Gasteiger partial charge in [-0.2, -0.15) is 0 Å². The van der Waals surface area contributed by atoms with Gasteiger partial charge in [0.2, 0.25) is 0 Å². The van der Waals surface area contributed by atoms with Crippen molar-refractivity contribution < 1.29 is 37.3 Å². The lowest BCUT2D eigenvalue weighted by Gasteiger charge is -2.30. The second-order valence-corrected chi connectivity index (χ2v) is 14.4. The Bertz CT molecular complexity index is 699. The fraction of sp³-hybridized carbons (Fsp3) is 0.969. The van der Waals surface area contributed by atoms with E-state index in [1.165, 1.54) is 89.9 Å². The molecule has 2 unspecified atom stereocenters. The first kappa shape index (κ1) is 39.3. The van der Waals surface area contributed by atoms with Crippen LogP contribution < -0.4 is 4.89 Å². The number of piperidine rings is 1. The molecule has 0 bridgehead atoms. The molecule has 1 amide bonds. The van der Waals surface area contributed by atoms with Gasteiger partial charge >= 0.3 is 6.09 Å². The average Bonchev–Trinajstić information content (AvgIpc) is 2.94. The van der Waals surface area contributed by atoms with Crippen LogP contribution in [0.4, 0.5) is 4.79 Å². The summed E-state index contributed by atoms with van der Waals surface area (Å²) in [4.78, 5) is 26.5. The number of phosphoric ester groups is 1. The Morgan fingerprint density at radius 2 is 1.24 bits per heavy atom. The van der Waals surface area contributed by atoms with E-state index in [1.807, 2.05) is 21.1 Å². The van der Waals surface area contributed by atoms with E-state index >= 15 is 0 Å². The van der Waals surface area contributed by atoms with Crippen LogP contribution in [0.25, 0.3) is 0 Å². The fourth-order valence-electron chi connectivity index (χ4n) is 5.01. The molecule has 0 N–H and O–H groups in total. The van der Waals surface area contributed by atoms with Crippen LogP contribution in [0.15, 0.2) is 0 Å². The van der Waals surface area contributed by atoms with Gasteiger partial charge in [0.15, 0.2) is 6.10 Å². The number of rotatable bonds is 27. The van der Waals surface area contributed by atoms with Gasteiger partial charge in [-0.15, -0.1) is 0 Å². The van der Waals surface area contributed by atoms with Crippen molar-refractivity contribution in [1.82, 2.24) is 4.90 Å². The number of likely N-dealkylation sites (tertiary alicyclic amines) is 1. The minimum atomic E-state index is -4.51. The molecule has 1 aliphatic heterocycles. The second kappa shape index (κ2) is 24.6. The van der Waals surface area contributed by atoms with Crippen LogP contribution in [-0.2, 0) is 23.1 Å². The van der Waals surface area contributed by atoms with Gasteiger partial charge in [-0.05, 0) is 25.7 Å². The van der Waals surface area contributed by atoms with E-state index in [2.05, 4.69) is 6.92 Å². The van der Waals surface area contributed by atoms with E-state index < -0.39 is 20.0 Å². The van der Waals surface area contributed by atoms with Crippen molar-refractivity contribution in [1.29, 1.82) is 0 Å². The average molecular weight is 621 g/mol. The second-order valence-electron chi connectivity index (χ2n) is 13.0. The number of ether oxygens (including phenoxy) is 2. The smallest absolute Gasteiger partial charge is 0.410 e. The van der Waals surface area contributed by atoms with Gasteiger partial charge in [-0.1, -0.05) is 103 Å². The Kier molecular flexibility index (Phi) is 23.0. The fourth-order valence-corrected chi connectivity index (χ4v) is 5.74. The van der Waals surface area contributed by atoms with E-state index in [0.29, 0.717) is 30.7 Å². The molecule has 2 atom stereocenters. The molecule has 0 aromatic rings. The third kappa shape index (κ3) is 23.7. The van der Waals surface area contributed by atoms with Crippen molar-refractivity contribution in [2.24, 2.45) is 0 Å². The summed E-state index contributed by atoms with van der Waals surface area (Å²) in [5.41, 5.74) is 0. The van der Waals surface area contributed by atoms with E-state index in [1.54, 1.807) is 4.90 Å². The van der Waals surface area contributed by atoms with E-state index in [-0.39, 0.29) is 19.8 Å². The first-order chi connectivity index (χ1) is 20.1. The Morgan fingerprint density at radius 3 is 1.74 bits per heavy atom. The summed E-state index contributed by atoms with van der Waals surface area (Å²) >= 11 is 0. The molecule has 1 fully saturated rings. The standard InChI is InChI=1S/C32H65N2O7P/c1-5-6-7-8-9-10-11-12-13-14-15-16-17-18-19-23-27-38-29-31(41-32(35)33-24-21-20-22-25-33)30-40-42(36,37)39-28-26-34(2,3)4/h31H,5-30H2,1-4H3. The lowest BCUT2D eigenvalue weighted by molar-refractivity contribution is -0.870. The van der Waals surface area contributed by atoms with Crippen LogP contribution in [-0.4, -0.2) is 88.8 Å². The number of hydrogen-bond donors (Lipinski definition) is 0. The Morgan fingerprint density at radius 1 is 0.738 bits per heavy atom. The molecule has 10 heteroatoms. The van der Waals surface area contributed by atoms with Gasteiger partial charge in [-0.3, -0.25) is 4.57 Å². The minimum Gasteiger partial charge on any atom is -0.756 e. The summed E-state index contributed by atoms with van der Waals surface area (Å²) in [6.45, 7) is 4.45. The zero-order valence-corrected chi connectivity index (χ0v) is 28.6. The van der Waals surface area contributed by atoms with Gasteiger partial charge in [0.25, 0.3) is 7.82 Å². The third-order valence-electron chi connectivity index (χ3n) is 7.76. The van der Waals surface area contributed by atoms with E-state index in [4.69, 9.17) is 18.5 Å². The van der Waals surface area contributed by atoms with Gasteiger partial charge in [0, 0.05) is 19.7 Å². The summed E-state index contributed by atoms with van der Waals surface area (Å²) < 4.78 is 34.3. The number of amides is 1. The van der Waals surface area contributed by atoms with Crippen molar-refractivity contribution in [3.05, 3.63) is 0 Å². The molecular formula is C32H65N2O7P. The molecule has 1 saturated heterocycles. The summed E-state index contributed by atoms with van der Waals surface area (Å²) in [6.07, 6.45) is 22.7. The van der Waals surface area contributed by atoms with Crippen LogP contribution in [0.1, 0.15) is 129 Å². The van der Waals surface area contributed by atoms with Crippen molar-refractivity contribution in [2.75, 3.05) is 67.2 Å². The molecule has 0 saturated carbocycles. The predicted octanol–water partition coefficient (Wildman–Crippen LogP) is 7.46. The number of nitrogens with zero attached hydrogens (tertiary/aromatic N) is 2. The maximum absolute atomic E-state index is 12.6. The Labute approximate surface area is 258 Å². The van der Waals surface area contributed by atoms with Crippen molar-refractivity contribution in [3.8, 4) is 0 Å². The van der Waals surface area contributed by atoms with Crippen molar-refractivity contribution in [3.63, 3.8) is 0 Å². The van der Waals surface area contributed by atoms with Crippen molar-refractivity contribution >= 4 is 13.9 Å². The molecule has 0 radical (unpaired) electrons. The summed E-state index contributed by atoms with van der Waals surface area (Å²) in [5.74, 6) is 0. The Balaban J connectivity index is 2.18. The Hall–Kier alpha value is -0.700. The molecule has 0 aromatic carbocycles. The topological polar surface area (TPSA) is 97.4 Å². The molecule has 1 rings (SSSR count). The normalized spacial score (nSPS) is 16.4. The number of likely N-dealkylation sites (N-methyl/N-ethyl adjacent to an activating group) is 1. The van der Waals surface area contributed by atoms with Crippen LogP contribution in [0.3, 0.4) is 0 Å². The quantitative estimate of drug-likeness (QED) is 0.0534. The summed E-state index contributed by atoms with van der Waals surface area (Å²) in [7, 11) is 1.35. The SMILES string of the molecule is CCCCCCCCCCCCCCCCCCOCC(COP(=O)([O-])OCC[N+](C)(C)C)OC(=O)N1CCCCC1. The highest BCUT2D eigenvalue weighted by atomic mass is 31.2. The van der Waals surface area contributed by atoms with Crippen molar-refractivity contribution in [2.45, 2.75) is 135 Å². The lowest BCUT2D eigenvalue weighted by Crippen LogP contribution is -2.40. The first-order valence-electron chi connectivity index (χ1n) is 17.1. The number of phosphoric acid groups is 1. The van der Waals surface area contributed by atoms with Gasteiger partial charge in [0.1, 0.15) is 13.2 Å². The molecule has 1 heterocycles. The molecule has 9 nitrogen and oxygen atoms in total. The highest BCUT2D eigenvalue weighted by molar-refractivity contribution is 7.45. The van der Waals surface area contributed by atoms with E-state index in [9.17, 15) is 14.3 Å². The number of carbonyl (C=O) groups is 1. The molecule has 250 valence electrons. The number of quaternary nitrogens is 1. The number of unbranched alkanes of at least 4 members (excludes halogenated alkanes) is 15. The van der Waals surface area contributed by atoms with Crippen LogP contribution in [0.5, 0.6) is 0 Å². The largest absolute Gasteiger partial charge is 0.756 e. The van der Waals surface area contributed by atoms with Crippen LogP contribution in [0, 0.1) is 0 Å². The van der Waals surface area contributed by atoms with Crippen LogP contribution in [0.2, 0.25) is 0 Å². The maximum atomic E-state index is 12.6. The molecule has 0 aromatic heterocycles. The monoisotopic (exact) mass is 620 g/mol.